The van der Waals surface area contributed by atoms with E-state index in [-0.39, 0.29) is 0 Å². The summed E-state index contributed by atoms with van der Waals surface area (Å²) in [5.41, 5.74) is 5.56. The number of thioether (sulfide) groups is 1. The molecule has 5 rings (SSSR count). The van der Waals surface area contributed by atoms with Gasteiger partial charge in [0.05, 0.1) is 0 Å². The maximum atomic E-state index is 3.68. The van der Waals surface area contributed by atoms with Gasteiger partial charge in [0.25, 0.3) is 0 Å². The molecule has 0 unspecified atom stereocenters. The molecular formula is C20H15NS. The quantitative estimate of drug-likeness (QED) is 0.452. The third-order valence-corrected chi connectivity index (χ3v) is 5.73. The molecule has 1 nitrogen and oxygen atoms in total. The van der Waals surface area contributed by atoms with Gasteiger partial charge in [0, 0.05) is 33.7 Å². The second kappa shape index (κ2) is 4.65. The summed E-state index contributed by atoms with van der Waals surface area (Å²) in [6.07, 6.45) is 1.00. The van der Waals surface area contributed by atoms with Gasteiger partial charge in [-0.3, -0.25) is 0 Å². The minimum absolute atomic E-state index is 1.00. The highest BCUT2D eigenvalue weighted by Crippen LogP contribution is 2.39. The van der Waals surface area contributed by atoms with Gasteiger partial charge in [0.15, 0.2) is 0 Å². The lowest BCUT2D eigenvalue weighted by molar-refractivity contribution is 1.07. The van der Waals surface area contributed by atoms with Crippen LogP contribution in [0.5, 0.6) is 0 Å². The number of hydrogen-bond acceptors (Lipinski definition) is 1. The first-order valence-corrected chi connectivity index (χ1v) is 8.60. The van der Waals surface area contributed by atoms with Crippen molar-refractivity contribution in [3.8, 4) is 0 Å². The van der Waals surface area contributed by atoms with Gasteiger partial charge in [0.2, 0.25) is 0 Å². The predicted octanol–water partition coefficient (Wildman–Crippen LogP) is 5.52. The largest absolute Gasteiger partial charge is 0.358 e. The van der Waals surface area contributed by atoms with Crippen LogP contribution in [0.2, 0.25) is 0 Å². The zero-order chi connectivity index (χ0) is 14.5. The highest BCUT2D eigenvalue weighted by molar-refractivity contribution is 7.98. The van der Waals surface area contributed by atoms with Gasteiger partial charge in [-0.15, -0.1) is 11.8 Å². The van der Waals surface area contributed by atoms with Crippen LogP contribution in [0, 0.1) is 0 Å². The summed E-state index contributed by atoms with van der Waals surface area (Å²) in [4.78, 5) is 5.09. The first-order valence-electron chi connectivity index (χ1n) is 7.62. The summed E-state index contributed by atoms with van der Waals surface area (Å²) in [7, 11) is 0. The van der Waals surface area contributed by atoms with E-state index in [2.05, 4.69) is 65.6 Å². The van der Waals surface area contributed by atoms with Gasteiger partial charge in [0.1, 0.15) is 0 Å². The standard InChI is InChI=1S/C20H15NS/c1-3-7-15-13(5-1)9-10-17-20(15)16-12-22-19-8-4-2-6-14(19)11-18(16)21-17/h1-10,21H,11-12H2. The van der Waals surface area contributed by atoms with Gasteiger partial charge in [-0.1, -0.05) is 48.5 Å². The molecule has 106 valence electrons. The van der Waals surface area contributed by atoms with E-state index in [1.54, 1.807) is 0 Å². The van der Waals surface area contributed by atoms with Crippen LogP contribution in [0.4, 0.5) is 0 Å². The molecule has 0 bridgehead atoms. The van der Waals surface area contributed by atoms with E-state index >= 15 is 0 Å². The van der Waals surface area contributed by atoms with Crippen LogP contribution in [-0.2, 0) is 12.2 Å². The number of nitrogens with one attached hydrogen (secondary N) is 1. The van der Waals surface area contributed by atoms with Crippen LogP contribution in [-0.4, -0.2) is 4.98 Å². The van der Waals surface area contributed by atoms with E-state index < -0.39 is 0 Å². The fraction of sp³-hybridized carbons (Fsp3) is 0.100. The Hall–Kier alpha value is -2.19. The minimum Gasteiger partial charge on any atom is -0.358 e. The van der Waals surface area contributed by atoms with Crippen molar-refractivity contribution in [2.45, 2.75) is 17.1 Å². The molecule has 0 aliphatic carbocycles. The highest BCUT2D eigenvalue weighted by atomic mass is 32.2. The topological polar surface area (TPSA) is 15.8 Å². The Labute approximate surface area is 133 Å². The van der Waals surface area contributed by atoms with E-state index in [1.807, 2.05) is 11.8 Å². The van der Waals surface area contributed by atoms with Crippen molar-refractivity contribution in [3.05, 3.63) is 77.5 Å². The lowest BCUT2D eigenvalue weighted by Crippen LogP contribution is -1.90. The molecule has 2 heteroatoms. The number of fused-ring (bicyclic) bond motifs is 6. The van der Waals surface area contributed by atoms with E-state index in [9.17, 15) is 0 Å². The number of benzene rings is 3. The van der Waals surface area contributed by atoms with Crippen LogP contribution in [0.3, 0.4) is 0 Å². The number of hydrogen-bond donors (Lipinski definition) is 1. The fourth-order valence-electron chi connectivity index (χ4n) is 3.53. The Morgan fingerprint density at radius 3 is 2.73 bits per heavy atom. The monoisotopic (exact) mass is 301 g/mol. The van der Waals surface area contributed by atoms with Crippen LogP contribution in [0.15, 0.2) is 65.6 Å². The van der Waals surface area contributed by atoms with Gasteiger partial charge in [-0.25, -0.2) is 0 Å². The Morgan fingerprint density at radius 1 is 0.864 bits per heavy atom. The molecule has 1 aromatic heterocycles. The molecule has 1 aliphatic rings. The second-order valence-electron chi connectivity index (χ2n) is 5.86. The van der Waals surface area contributed by atoms with E-state index in [1.165, 1.54) is 43.4 Å². The van der Waals surface area contributed by atoms with Crippen LogP contribution >= 0.6 is 11.8 Å². The number of H-pyrrole nitrogens is 1. The van der Waals surface area contributed by atoms with Crippen molar-refractivity contribution < 1.29 is 0 Å². The highest BCUT2D eigenvalue weighted by Gasteiger charge is 2.19. The number of aromatic amines is 1. The second-order valence-corrected chi connectivity index (χ2v) is 6.88. The van der Waals surface area contributed by atoms with Crippen molar-refractivity contribution in [2.24, 2.45) is 0 Å². The molecule has 3 aromatic carbocycles. The molecular weight excluding hydrogens is 286 g/mol. The summed E-state index contributed by atoms with van der Waals surface area (Å²) < 4.78 is 0. The van der Waals surface area contributed by atoms with Crippen molar-refractivity contribution in [1.29, 1.82) is 0 Å². The molecule has 0 spiro atoms. The summed E-state index contributed by atoms with van der Waals surface area (Å²) in [5, 5.41) is 4.10. The Balaban J connectivity index is 1.81. The van der Waals surface area contributed by atoms with Gasteiger partial charge in [-0.2, -0.15) is 0 Å². The fourth-order valence-corrected chi connectivity index (χ4v) is 4.65. The average molecular weight is 301 g/mol. The van der Waals surface area contributed by atoms with Crippen LogP contribution in [0.1, 0.15) is 16.8 Å². The third-order valence-electron chi connectivity index (χ3n) is 4.59. The van der Waals surface area contributed by atoms with Crippen LogP contribution in [0.25, 0.3) is 21.7 Å². The van der Waals surface area contributed by atoms with E-state index in [0.717, 1.165) is 12.2 Å². The molecule has 0 fully saturated rings. The lowest BCUT2D eigenvalue weighted by atomic mass is 10.0. The summed E-state index contributed by atoms with van der Waals surface area (Å²) in [6, 6.07) is 21.9. The van der Waals surface area contributed by atoms with Crippen molar-refractivity contribution in [1.82, 2.24) is 4.98 Å². The minimum atomic E-state index is 1.00. The smallest absolute Gasteiger partial charge is 0.0465 e. The summed E-state index contributed by atoms with van der Waals surface area (Å²) in [6.45, 7) is 0. The number of aromatic nitrogens is 1. The molecule has 22 heavy (non-hydrogen) atoms. The third kappa shape index (κ3) is 1.74. The van der Waals surface area contributed by atoms with Crippen LogP contribution < -0.4 is 0 Å². The maximum absolute atomic E-state index is 3.68. The molecule has 2 heterocycles. The molecule has 0 amide bonds. The molecule has 1 aliphatic heterocycles. The Bertz CT molecular complexity index is 1010. The molecule has 0 saturated carbocycles. The number of rotatable bonds is 0. The average Bonchev–Trinajstić information content (AvgIpc) is 2.81. The van der Waals surface area contributed by atoms with Crippen molar-refractivity contribution in [2.75, 3.05) is 0 Å². The van der Waals surface area contributed by atoms with Gasteiger partial charge >= 0.3 is 0 Å². The van der Waals surface area contributed by atoms with Gasteiger partial charge in [-0.05, 0) is 34.0 Å². The zero-order valence-corrected chi connectivity index (χ0v) is 12.9. The normalized spacial score (nSPS) is 13.8. The van der Waals surface area contributed by atoms with Crippen molar-refractivity contribution in [3.63, 3.8) is 0 Å². The molecule has 1 N–H and O–H groups in total. The van der Waals surface area contributed by atoms with Gasteiger partial charge < -0.3 is 4.98 Å². The summed E-state index contributed by atoms with van der Waals surface area (Å²) >= 11 is 1.96. The maximum Gasteiger partial charge on any atom is 0.0465 e. The zero-order valence-electron chi connectivity index (χ0n) is 12.1. The predicted molar refractivity (Wildman–Crippen MR) is 94.6 cm³/mol. The molecule has 0 radical (unpaired) electrons. The van der Waals surface area contributed by atoms with E-state index in [4.69, 9.17) is 0 Å². The lowest BCUT2D eigenvalue weighted by Gasteiger charge is -2.04. The summed E-state index contributed by atoms with van der Waals surface area (Å²) in [5.74, 6) is 1.04. The SMILES string of the molecule is c1ccc2c(c1)Cc1[nH]c3ccc4ccccc4c3c1CS2. The van der Waals surface area contributed by atoms with Crippen molar-refractivity contribution >= 4 is 33.4 Å². The Morgan fingerprint density at radius 2 is 1.73 bits per heavy atom. The van der Waals surface area contributed by atoms with E-state index in [0.29, 0.717) is 0 Å². The molecule has 4 aromatic rings. The first-order chi connectivity index (χ1) is 10.9. The first kappa shape index (κ1) is 12.4. The Kier molecular flexibility index (Phi) is 2.61. The molecule has 0 atom stereocenters. The molecule has 0 saturated heterocycles.